The minimum atomic E-state index is -0.765. The topological polar surface area (TPSA) is 60.3 Å². The number of halogens is 2. The van der Waals surface area contributed by atoms with Crippen LogP contribution in [0.2, 0.25) is 0 Å². The summed E-state index contributed by atoms with van der Waals surface area (Å²) in [6, 6.07) is 13.9. The number of aliphatic imine (C=N–C) groups is 1. The van der Waals surface area contributed by atoms with E-state index in [4.69, 9.17) is 4.74 Å². The Bertz CT molecular complexity index is 811. The molecule has 1 heterocycles. The van der Waals surface area contributed by atoms with Crippen molar-refractivity contribution in [2.45, 2.75) is 13.0 Å². The maximum absolute atomic E-state index is 13.1. The molecule has 0 aliphatic carbocycles. The Morgan fingerprint density at radius 1 is 1.13 bits per heavy atom. The summed E-state index contributed by atoms with van der Waals surface area (Å²) in [5, 5.41) is 13.7. The Hall–Kier alpha value is -2.07. The van der Waals surface area contributed by atoms with Gasteiger partial charge in [0.2, 0.25) is 0 Å². The molecule has 1 aliphatic heterocycles. The summed E-state index contributed by atoms with van der Waals surface area (Å²) in [5.74, 6) is 1.35. The normalized spacial score (nSPS) is 15.4. The van der Waals surface area contributed by atoms with E-state index in [1.165, 1.54) is 12.1 Å². The molecule has 0 radical (unpaired) electrons. The molecule has 1 saturated heterocycles. The summed E-state index contributed by atoms with van der Waals surface area (Å²) in [5.41, 5.74) is 1.76. The Labute approximate surface area is 194 Å². The number of para-hydroxylation sites is 2. The lowest BCUT2D eigenvalue weighted by Gasteiger charge is -2.38. The van der Waals surface area contributed by atoms with E-state index >= 15 is 0 Å². The Morgan fingerprint density at radius 3 is 2.43 bits per heavy atom. The monoisotopic (exact) mass is 528 g/mol. The highest BCUT2D eigenvalue weighted by Gasteiger charge is 2.22. The van der Waals surface area contributed by atoms with Gasteiger partial charge in [0.15, 0.2) is 5.96 Å². The number of aliphatic hydroxyl groups is 1. The predicted octanol–water partition coefficient (Wildman–Crippen LogP) is 3.27. The second-order valence-corrected chi connectivity index (χ2v) is 6.91. The quantitative estimate of drug-likeness (QED) is 0.343. The summed E-state index contributed by atoms with van der Waals surface area (Å²) < 4.78 is 18.6. The number of guanidine groups is 1. The molecule has 0 saturated carbocycles. The predicted molar refractivity (Wildman–Crippen MR) is 130 cm³/mol. The third-order valence-electron chi connectivity index (χ3n) is 5.01. The van der Waals surface area contributed by atoms with Crippen molar-refractivity contribution in [1.29, 1.82) is 0 Å². The molecular weight excluding hydrogens is 498 g/mol. The molecule has 1 aliphatic rings. The number of rotatable bonds is 6. The first-order chi connectivity index (χ1) is 14.1. The van der Waals surface area contributed by atoms with Crippen LogP contribution in [-0.4, -0.2) is 62.3 Å². The van der Waals surface area contributed by atoms with Gasteiger partial charge in [-0.15, -0.1) is 24.0 Å². The van der Waals surface area contributed by atoms with E-state index in [1.54, 1.807) is 19.2 Å². The molecule has 6 nitrogen and oxygen atoms in total. The van der Waals surface area contributed by atoms with Gasteiger partial charge >= 0.3 is 0 Å². The average molecular weight is 528 g/mol. The van der Waals surface area contributed by atoms with Gasteiger partial charge in [0, 0.05) is 32.7 Å². The van der Waals surface area contributed by atoms with Crippen LogP contribution < -0.4 is 15.0 Å². The SMILES string of the molecule is CCNC(=NCC(O)c1ccc(F)cc1)N1CCN(c2ccccc2OC)CC1.I. The molecule has 0 bridgehead atoms. The summed E-state index contributed by atoms with van der Waals surface area (Å²) in [6.07, 6.45) is -0.765. The molecule has 30 heavy (non-hydrogen) atoms. The van der Waals surface area contributed by atoms with Crippen LogP contribution in [0, 0.1) is 5.82 Å². The minimum Gasteiger partial charge on any atom is -0.495 e. The number of nitrogens with zero attached hydrogens (tertiary/aromatic N) is 3. The van der Waals surface area contributed by atoms with Crippen molar-refractivity contribution in [1.82, 2.24) is 10.2 Å². The number of benzene rings is 2. The number of hydrogen-bond acceptors (Lipinski definition) is 4. The van der Waals surface area contributed by atoms with Crippen LogP contribution in [-0.2, 0) is 0 Å². The van der Waals surface area contributed by atoms with Crippen molar-refractivity contribution in [3.63, 3.8) is 0 Å². The fourth-order valence-corrected chi connectivity index (χ4v) is 3.44. The fraction of sp³-hybridized carbons (Fsp3) is 0.409. The van der Waals surface area contributed by atoms with E-state index in [2.05, 4.69) is 26.2 Å². The summed E-state index contributed by atoms with van der Waals surface area (Å²) in [7, 11) is 1.69. The van der Waals surface area contributed by atoms with Crippen LogP contribution in [0.25, 0.3) is 0 Å². The molecule has 2 aromatic rings. The van der Waals surface area contributed by atoms with E-state index in [-0.39, 0.29) is 36.3 Å². The zero-order valence-corrected chi connectivity index (χ0v) is 19.8. The lowest BCUT2D eigenvalue weighted by atomic mass is 10.1. The standard InChI is InChI=1S/C22H29FN4O2.HI/c1-3-24-22(25-16-20(28)17-8-10-18(23)11-9-17)27-14-12-26(13-15-27)19-6-4-5-7-21(19)29-2;/h4-11,20,28H,3,12-16H2,1-2H3,(H,24,25);1H. The molecule has 1 atom stereocenters. The van der Waals surface area contributed by atoms with Crippen LogP contribution >= 0.6 is 24.0 Å². The van der Waals surface area contributed by atoms with Crippen molar-refractivity contribution in [2.75, 3.05) is 51.3 Å². The van der Waals surface area contributed by atoms with E-state index in [0.29, 0.717) is 5.56 Å². The van der Waals surface area contributed by atoms with Gasteiger partial charge in [-0.2, -0.15) is 0 Å². The largest absolute Gasteiger partial charge is 0.495 e. The maximum atomic E-state index is 13.1. The fourth-order valence-electron chi connectivity index (χ4n) is 3.44. The second-order valence-electron chi connectivity index (χ2n) is 6.91. The number of nitrogens with one attached hydrogen (secondary N) is 1. The third-order valence-corrected chi connectivity index (χ3v) is 5.01. The first-order valence-corrected chi connectivity index (χ1v) is 9.97. The number of anilines is 1. The molecule has 164 valence electrons. The summed E-state index contributed by atoms with van der Waals surface area (Å²) in [4.78, 5) is 9.12. The van der Waals surface area contributed by atoms with E-state index in [1.807, 2.05) is 25.1 Å². The van der Waals surface area contributed by atoms with Crippen molar-refractivity contribution in [3.05, 3.63) is 59.9 Å². The zero-order chi connectivity index (χ0) is 20.6. The molecule has 0 spiro atoms. The molecule has 2 N–H and O–H groups in total. The van der Waals surface area contributed by atoms with Crippen molar-refractivity contribution >= 4 is 35.6 Å². The highest BCUT2D eigenvalue weighted by Crippen LogP contribution is 2.28. The highest BCUT2D eigenvalue weighted by molar-refractivity contribution is 14.0. The van der Waals surface area contributed by atoms with Gasteiger partial charge in [-0.05, 0) is 36.8 Å². The molecule has 1 fully saturated rings. The third kappa shape index (κ3) is 6.21. The van der Waals surface area contributed by atoms with Crippen LogP contribution in [0.5, 0.6) is 5.75 Å². The Morgan fingerprint density at radius 2 is 1.80 bits per heavy atom. The smallest absolute Gasteiger partial charge is 0.194 e. The van der Waals surface area contributed by atoms with E-state index < -0.39 is 6.10 Å². The number of aliphatic hydroxyl groups excluding tert-OH is 1. The summed E-state index contributed by atoms with van der Waals surface area (Å²) in [6.45, 7) is 6.33. The number of hydrogen-bond donors (Lipinski definition) is 2. The average Bonchev–Trinajstić information content (AvgIpc) is 2.77. The van der Waals surface area contributed by atoms with Gasteiger partial charge in [0.1, 0.15) is 11.6 Å². The Balaban J connectivity index is 0.00000320. The van der Waals surface area contributed by atoms with Crippen LogP contribution in [0.15, 0.2) is 53.5 Å². The second kappa shape index (κ2) is 11.9. The molecule has 0 aromatic heterocycles. The molecular formula is C22H30FIN4O2. The zero-order valence-electron chi connectivity index (χ0n) is 17.4. The molecule has 1 unspecified atom stereocenters. The molecule has 8 heteroatoms. The lowest BCUT2D eigenvalue weighted by Crippen LogP contribution is -2.52. The lowest BCUT2D eigenvalue weighted by molar-refractivity contribution is 0.186. The molecule has 3 rings (SSSR count). The van der Waals surface area contributed by atoms with Gasteiger partial charge in [-0.1, -0.05) is 24.3 Å². The van der Waals surface area contributed by atoms with Crippen LogP contribution in [0.1, 0.15) is 18.6 Å². The van der Waals surface area contributed by atoms with Crippen molar-refractivity contribution < 1.29 is 14.2 Å². The Kier molecular flexibility index (Phi) is 9.64. The van der Waals surface area contributed by atoms with Gasteiger partial charge in [0.05, 0.1) is 25.4 Å². The van der Waals surface area contributed by atoms with E-state index in [9.17, 15) is 9.50 Å². The van der Waals surface area contributed by atoms with Crippen LogP contribution in [0.3, 0.4) is 0 Å². The first kappa shape index (κ1) is 24.2. The summed E-state index contributed by atoms with van der Waals surface area (Å²) >= 11 is 0. The number of piperazine rings is 1. The van der Waals surface area contributed by atoms with Crippen molar-refractivity contribution in [3.8, 4) is 5.75 Å². The molecule has 2 aromatic carbocycles. The minimum absolute atomic E-state index is 0. The van der Waals surface area contributed by atoms with Gasteiger partial charge < -0.3 is 25.0 Å². The van der Waals surface area contributed by atoms with Crippen LogP contribution in [0.4, 0.5) is 10.1 Å². The first-order valence-electron chi connectivity index (χ1n) is 9.97. The van der Waals surface area contributed by atoms with Gasteiger partial charge in [0.25, 0.3) is 0 Å². The van der Waals surface area contributed by atoms with Crippen molar-refractivity contribution in [2.24, 2.45) is 4.99 Å². The molecule has 0 amide bonds. The van der Waals surface area contributed by atoms with E-state index in [0.717, 1.165) is 50.1 Å². The van der Waals surface area contributed by atoms with Gasteiger partial charge in [-0.25, -0.2) is 4.39 Å². The van der Waals surface area contributed by atoms with Gasteiger partial charge in [-0.3, -0.25) is 4.99 Å². The maximum Gasteiger partial charge on any atom is 0.194 e. The number of ether oxygens (including phenoxy) is 1. The number of methoxy groups -OCH3 is 1. The highest BCUT2D eigenvalue weighted by atomic mass is 127.